The zero-order chi connectivity index (χ0) is 9.40. The molecule has 0 unspecified atom stereocenters. The van der Waals surface area contributed by atoms with Gasteiger partial charge in [0, 0.05) is 6.42 Å². The van der Waals surface area contributed by atoms with Crippen molar-refractivity contribution in [3.8, 4) is 0 Å². The quantitative estimate of drug-likeness (QED) is 0.576. The van der Waals surface area contributed by atoms with Crippen molar-refractivity contribution in [2.45, 2.75) is 59.0 Å². The summed E-state index contributed by atoms with van der Waals surface area (Å²) in [6.45, 7) is 6.12. The van der Waals surface area contributed by atoms with E-state index >= 15 is 0 Å². The van der Waals surface area contributed by atoms with Crippen molar-refractivity contribution >= 4 is 5.97 Å². The van der Waals surface area contributed by atoms with Crippen LogP contribution in [0, 0.1) is 0 Å². The molecule has 2 nitrogen and oxygen atoms in total. The van der Waals surface area contributed by atoms with Crippen LogP contribution in [-0.2, 0) is 9.53 Å². The van der Waals surface area contributed by atoms with Crippen LogP contribution in [0.15, 0.2) is 0 Å². The van der Waals surface area contributed by atoms with E-state index in [0.29, 0.717) is 6.42 Å². The molecular formula is C10H20O2. The van der Waals surface area contributed by atoms with E-state index < -0.39 is 0 Å². The Morgan fingerprint density at radius 3 is 2.50 bits per heavy atom. The monoisotopic (exact) mass is 172 g/mol. The van der Waals surface area contributed by atoms with E-state index in [9.17, 15) is 4.79 Å². The summed E-state index contributed by atoms with van der Waals surface area (Å²) in [5, 5.41) is 0. The van der Waals surface area contributed by atoms with E-state index in [1.54, 1.807) is 0 Å². The van der Waals surface area contributed by atoms with Gasteiger partial charge in [-0.2, -0.15) is 0 Å². The number of carbonyl (C=O) groups is 1. The minimum Gasteiger partial charge on any atom is -0.463 e. The van der Waals surface area contributed by atoms with Crippen molar-refractivity contribution in [3.05, 3.63) is 0 Å². The Balaban J connectivity index is 3.40. The first-order valence-electron chi connectivity index (χ1n) is 4.90. The summed E-state index contributed by atoms with van der Waals surface area (Å²) in [5.41, 5.74) is 0. The van der Waals surface area contributed by atoms with Gasteiger partial charge in [-0.25, -0.2) is 0 Å². The van der Waals surface area contributed by atoms with Gasteiger partial charge in [0.05, 0.1) is 6.10 Å². The van der Waals surface area contributed by atoms with E-state index in [-0.39, 0.29) is 12.1 Å². The normalized spacial score (nSPS) is 12.6. The average molecular weight is 172 g/mol. The van der Waals surface area contributed by atoms with Gasteiger partial charge in [0.1, 0.15) is 0 Å². The second-order valence-corrected chi connectivity index (χ2v) is 3.19. The fraction of sp³-hybridized carbons (Fsp3) is 0.900. The van der Waals surface area contributed by atoms with Crippen LogP contribution in [0.4, 0.5) is 0 Å². The Kier molecular flexibility index (Phi) is 6.82. The van der Waals surface area contributed by atoms with E-state index in [2.05, 4.69) is 13.8 Å². The van der Waals surface area contributed by atoms with Crippen molar-refractivity contribution in [3.63, 3.8) is 0 Å². The summed E-state index contributed by atoms with van der Waals surface area (Å²) < 4.78 is 5.15. The van der Waals surface area contributed by atoms with Gasteiger partial charge in [-0.3, -0.25) is 4.79 Å². The Morgan fingerprint density at radius 1 is 1.33 bits per heavy atom. The molecule has 0 aromatic rings. The SMILES string of the molecule is CCCCC(=O)O[C@@H](C)CCC. The van der Waals surface area contributed by atoms with Gasteiger partial charge in [0.2, 0.25) is 0 Å². The summed E-state index contributed by atoms with van der Waals surface area (Å²) in [6.07, 6.45) is 4.71. The van der Waals surface area contributed by atoms with Gasteiger partial charge in [-0.05, 0) is 19.8 Å². The predicted octanol–water partition coefficient (Wildman–Crippen LogP) is 2.91. The lowest BCUT2D eigenvalue weighted by Crippen LogP contribution is -2.14. The Bertz CT molecular complexity index is 121. The van der Waals surface area contributed by atoms with Crippen molar-refractivity contribution < 1.29 is 9.53 Å². The first-order valence-corrected chi connectivity index (χ1v) is 4.90. The minimum absolute atomic E-state index is 0.0437. The molecule has 12 heavy (non-hydrogen) atoms. The summed E-state index contributed by atoms with van der Waals surface area (Å²) in [5.74, 6) is -0.0437. The maximum atomic E-state index is 11.1. The first-order chi connectivity index (χ1) is 5.70. The topological polar surface area (TPSA) is 26.3 Å². The van der Waals surface area contributed by atoms with Crippen molar-refractivity contribution in [1.82, 2.24) is 0 Å². The molecule has 0 aliphatic rings. The van der Waals surface area contributed by atoms with Crippen molar-refractivity contribution in [2.24, 2.45) is 0 Å². The van der Waals surface area contributed by atoms with E-state index in [1.807, 2.05) is 6.92 Å². The average Bonchev–Trinajstić information content (AvgIpc) is 2.01. The fourth-order valence-electron chi connectivity index (χ4n) is 1.07. The van der Waals surface area contributed by atoms with E-state index in [1.165, 1.54) is 0 Å². The van der Waals surface area contributed by atoms with E-state index in [4.69, 9.17) is 4.74 Å². The maximum absolute atomic E-state index is 11.1. The highest BCUT2D eigenvalue weighted by Crippen LogP contribution is 2.04. The molecule has 0 radical (unpaired) electrons. The molecule has 0 aromatic carbocycles. The molecule has 0 fully saturated rings. The standard InChI is InChI=1S/C10H20O2/c1-4-6-8-10(11)12-9(3)7-5-2/h9H,4-8H2,1-3H3/t9-/m0/s1. The van der Waals surface area contributed by atoms with Crippen LogP contribution in [0.5, 0.6) is 0 Å². The molecule has 0 spiro atoms. The highest BCUT2D eigenvalue weighted by Gasteiger charge is 2.06. The van der Waals surface area contributed by atoms with Gasteiger partial charge in [0.25, 0.3) is 0 Å². The number of carbonyl (C=O) groups excluding carboxylic acids is 1. The van der Waals surface area contributed by atoms with Crippen molar-refractivity contribution in [2.75, 3.05) is 0 Å². The number of hydrogen-bond donors (Lipinski definition) is 0. The summed E-state index contributed by atoms with van der Waals surface area (Å²) in [7, 11) is 0. The zero-order valence-corrected chi connectivity index (χ0v) is 8.43. The number of rotatable bonds is 6. The molecule has 0 saturated carbocycles. The number of unbranched alkanes of at least 4 members (excludes halogenated alkanes) is 1. The van der Waals surface area contributed by atoms with Gasteiger partial charge < -0.3 is 4.74 Å². The molecule has 72 valence electrons. The van der Waals surface area contributed by atoms with Gasteiger partial charge >= 0.3 is 5.97 Å². The lowest BCUT2D eigenvalue weighted by molar-refractivity contribution is -0.148. The Morgan fingerprint density at radius 2 is 2.00 bits per heavy atom. The number of esters is 1. The molecule has 0 aromatic heterocycles. The van der Waals surface area contributed by atoms with Crippen LogP contribution in [0.3, 0.4) is 0 Å². The Hall–Kier alpha value is -0.530. The summed E-state index contributed by atoms with van der Waals surface area (Å²) in [4.78, 5) is 11.1. The van der Waals surface area contributed by atoms with Gasteiger partial charge in [-0.1, -0.05) is 26.7 Å². The second kappa shape index (κ2) is 7.14. The molecule has 2 heteroatoms. The molecular weight excluding hydrogens is 152 g/mol. The van der Waals surface area contributed by atoms with Gasteiger partial charge in [-0.15, -0.1) is 0 Å². The Labute approximate surface area is 75.3 Å². The molecule has 0 rings (SSSR count). The second-order valence-electron chi connectivity index (χ2n) is 3.19. The fourth-order valence-corrected chi connectivity index (χ4v) is 1.07. The molecule has 0 heterocycles. The molecule has 0 N–H and O–H groups in total. The minimum atomic E-state index is -0.0437. The van der Waals surface area contributed by atoms with Crippen LogP contribution in [0.1, 0.15) is 52.9 Å². The molecule has 0 aliphatic carbocycles. The van der Waals surface area contributed by atoms with Gasteiger partial charge in [0.15, 0.2) is 0 Å². The summed E-state index contributed by atoms with van der Waals surface area (Å²) in [6, 6.07) is 0. The van der Waals surface area contributed by atoms with Crippen LogP contribution >= 0.6 is 0 Å². The van der Waals surface area contributed by atoms with E-state index in [0.717, 1.165) is 25.7 Å². The molecule has 0 bridgehead atoms. The highest BCUT2D eigenvalue weighted by atomic mass is 16.5. The largest absolute Gasteiger partial charge is 0.463 e. The summed E-state index contributed by atoms with van der Waals surface area (Å²) >= 11 is 0. The first kappa shape index (κ1) is 11.5. The molecule has 0 amide bonds. The number of hydrogen-bond acceptors (Lipinski definition) is 2. The van der Waals surface area contributed by atoms with Crippen LogP contribution < -0.4 is 0 Å². The molecule has 1 atom stereocenters. The highest BCUT2D eigenvalue weighted by molar-refractivity contribution is 5.69. The zero-order valence-electron chi connectivity index (χ0n) is 8.43. The van der Waals surface area contributed by atoms with Crippen LogP contribution in [0.25, 0.3) is 0 Å². The third-order valence-corrected chi connectivity index (χ3v) is 1.76. The smallest absolute Gasteiger partial charge is 0.306 e. The third kappa shape index (κ3) is 6.20. The molecule has 0 saturated heterocycles. The maximum Gasteiger partial charge on any atom is 0.306 e. The lowest BCUT2D eigenvalue weighted by atomic mass is 10.2. The van der Waals surface area contributed by atoms with Crippen molar-refractivity contribution in [1.29, 1.82) is 0 Å². The molecule has 0 aliphatic heterocycles. The van der Waals surface area contributed by atoms with Crippen LogP contribution in [-0.4, -0.2) is 12.1 Å². The predicted molar refractivity (Wildman–Crippen MR) is 50.0 cm³/mol. The van der Waals surface area contributed by atoms with Crippen LogP contribution in [0.2, 0.25) is 0 Å². The number of ether oxygens (including phenoxy) is 1. The lowest BCUT2D eigenvalue weighted by Gasteiger charge is -2.11. The third-order valence-electron chi connectivity index (χ3n) is 1.76.